The van der Waals surface area contributed by atoms with Gasteiger partial charge in [0.05, 0.1) is 12.7 Å². The van der Waals surface area contributed by atoms with Gasteiger partial charge in [-0.3, -0.25) is 4.98 Å². The molecule has 0 spiro atoms. The van der Waals surface area contributed by atoms with Gasteiger partial charge in [-0.05, 0) is 44.0 Å². The zero-order valence-corrected chi connectivity index (χ0v) is 14.6. The molecule has 0 amide bonds. The summed E-state index contributed by atoms with van der Waals surface area (Å²) in [7, 11) is 0. The molecular weight excluding hydrogens is 312 g/mol. The van der Waals surface area contributed by atoms with Crippen LogP contribution < -0.4 is 14.8 Å². The molecule has 1 aromatic heterocycles. The van der Waals surface area contributed by atoms with E-state index in [1.165, 1.54) is 0 Å². The fraction of sp³-hybridized carbons (Fsp3) is 0.389. The van der Waals surface area contributed by atoms with Crippen LogP contribution in [0.4, 0.5) is 0 Å². The van der Waals surface area contributed by atoms with Crippen molar-refractivity contribution in [2.75, 3.05) is 6.61 Å². The number of nitrogens with one attached hydrogen (secondary N) is 1. The molecule has 0 saturated heterocycles. The quantitative estimate of drug-likeness (QED) is 0.785. The highest BCUT2D eigenvalue weighted by atomic mass is 35.5. The average Bonchev–Trinajstić information content (AvgIpc) is 2.52. The molecule has 0 radical (unpaired) electrons. The first kappa shape index (κ1) is 17.6. The molecule has 4 nitrogen and oxygen atoms in total. The van der Waals surface area contributed by atoms with Gasteiger partial charge >= 0.3 is 0 Å². The molecular formula is C18H23ClN2O2. The van der Waals surface area contributed by atoms with Crippen molar-refractivity contribution in [3.8, 4) is 11.5 Å². The van der Waals surface area contributed by atoms with Crippen LogP contribution in [0.25, 0.3) is 0 Å². The van der Waals surface area contributed by atoms with Crippen LogP contribution in [-0.4, -0.2) is 17.7 Å². The lowest BCUT2D eigenvalue weighted by Gasteiger charge is -2.17. The zero-order valence-electron chi connectivity index (χ0n) is 13.8. The molecule has 0 fully saturated rings. The highest BCUT2D eigenvalue weighted by Gasteiger charge is 2.12. The first-order valence-corrected chi connectivity index (χ1v) is 8.19. The summed E-state index contributed by atoms with van der Waals surface area (Å²) in [4.78, 5) is 4.10. The lowest BCUT2D eigenvalue weighted by Crippen LogP contribution is -2.14. The van der Waals surface area contributed by atoms with Gasteiger partial charge in [0.15, 0.2) is 11.5 Å². The maximum Gasteiger partial charge on any atom is 0.163 e. The van der Waals surface area contributed by atoms with Crippen molar-refractivity contribution in [2.24, 2.45) is 0 Å². The minimum Gasteiger partial charge on any atom is -0.490 e. The molecule has 0 saturated carbocycles. The van der Waals surface area contributed by atoms with E-state index in [1.807, 2.05) is 51.2 Å². The zero-order chi connectivity index (χ0) is 16.7. The second-order valence-corrected chi connectivity index (χ2v) is 5.86. The predicted octanol–water partition coefficient (Wildman–Crippen LogP) is 4.21. The third kappa shape index (κ3) is 5.41. The van der Waals surface area contributed by atoms with Gasteiger partial charge in [-0.1, -0.05) is 17.7 Å². The summed E-state index contributed by atoms with van der Waals surface area (Å²) in [5.41, 5.74) is 2.11. The van der Waals surface area contributed by atoms with Crippen LogP contribution in [0.5, 0.6) is 11.5 Å². The van der Waals surface area contributed by atoms with Gasteiger partial charge in [-0.15, -0.1) is 0 Å². The molecule has 2 rings (SSSR count). The predicted molar refractivity (Wildman–Crippen MR) is 93.2 cm³/mol. The largest absolute Gasteiger partial charge is 0.490 e. The van der Waals surface area contributed by atoms with E-state index in [4.69, 9.17) is 21.1 Å². The number of rotatable bonds is 8. The molecule has 0 aliphatic heterocycles. The molecule has 2 aromatic rings. The smallest absolute Gasteiger partial charge is 0.163 e. The van der Waals surface area contributed by atoms with E-state index in [0.29, 0.717) is 23.9 Å². The number of ether oxygens (including phenoxy) is 2. The number of hydrogen-bond acceptors (Lipinski definition) is 4. The summed E-state index contributed by atoms with van der Waals surface area (Å²) in [5.74, 6) is 1.41. The molecule has 1 aromatic carbocycles. The van der Waals surface area contributed by atoms with Crippen molar-refractivity contribution in [1.29, 1.82) is 0 Å². The van der Waals surface area contributed by atoms with E-state index in [-0.39, 0.29) is 6.10 Å². The van der Waals surface area contributed by atoms with Gasteiger partial charge in [0.25, 0.3) is 0 Å². The van der Waals surface area contributed by atoms with Gasteiger partial charge < -0.3 is 14.8 Å². The van der Waals surface area contributed by atoms with Crippen LogP contribution in [-0.2, 0) is 13.1 Å². The van der Waals surface area contributed by atoms with Crippen LogP contribution in [0.1, 0.15) is 31.9 Å². The fourth-order valence-electron chi connectivity index (χ4n) is 2.17. The van der Waals surface area contributed by atoms with Crippen LogP contribution in [0.15, 0.2) is 36.7 Å². The number of nitrogens with zero attached hydrogens (tertiary/aromatic N) is 1. The van der Waals surface area contributed by atoms with Crippen molar-refractivity contribution in [3.05, 3.63) is 52.8 Å². The van der Waals surface area contributed by atoms with Crippen molar-refractivity contribution < 1.29 is 9.47 Å². The number of benzene rings is 1. The summed E-state index contributed by atoms with van der Waals surface area (Å²) in [6.07, 6.45) is 3.68. The lowest BCUT2D eigenvalue weighted by atomic mass is 10.2. The topological polar surface area (TPSA) is 43.4 Å². The summed E-state index contributed by atoms with van der Waals surface area (Å²) < 4.78 is 11.4. The molecule has 0 unspecified atom stereocenters. The van der Waals surface area contributed by atoms with Crippen LogP contribution >= 0.6 is 11.6 Å². The Morgan fingerprint density at radius 1 is 1.22 bits per heavy atom. The monoisotopic (exact) mass is 334 g/mol. The Morgan fingerprint density at radius 2 is 2.04 bits per heavy atom. The van der Waals surface area contributed by atoms with Gasteiger partial charge in [-0.25, -0.2) is 0 Å². The third-order valence-electron chi connectivity index (χ3n) is 3.14. The summed E-state index contributed by atoms with van der Waals surface area (Å²) >= 11 is 6.38. The Labute approximate surface area is 142 Å². The SMILES string of the molecule is CCOc1cc(CNCc2cccnc2)c(Cl)cc1OC(C)C. The molecule has 124 valence electrons. The first-order chi connectivity index (χ1) is 11.1. The Balaban J connectivity index is 2.07. The van der Waals surface area contributed by atoms with E-state index in [2.05, 4.69) is 10.3 Å². The van der Waals surface area contributed by atoms with Crippen LogP contribution in [0.2, 0.25) is 5.02 Å². The molecule has 1 N–H and O–H groups in total. The van der Waals surface area contributed by atoms with Crippen molar-refractivity contribution in [2.45, 2.75) is 40.0 Å². The Kier molecular flexibility index (Phi) is 6.68. The Hall–Kier alpha value is -1.78. The second-order valence-electron chi connectivity index (χ2n) is 5.45. The number of halogens is 1. The fourth-order valence-corrected chi connectivity index (χ4v) is 2.39. The van der Waals surface area contributed by atoms with Crippen molar-refractivity contribution in [3.63, 3.8) is 0 Å². The maximum atomic E-state index is 6.38. The maximum absolute atomic E-state index is 6.38. The normalized spacial score (nSPS) is 10.8. The van der Waals surface area contributed by atoms with E-state index in [0.717, 1.165) is 23.4 Å². The van der Waals surface area contributed by atoms with Gasteiger partial charge in [0, 0.05) is 36.6 Å². The van der Waals surface area contributed by atoms with Gasteiger partial charge in [-0.2, -0.15) is 0 Å². The Bertz CT molecular complexity index is 618. The standard InChI is InChI=1S/C18H23ClN2O2/c1-4-22-17-8-15(16(19)9-18(17)23-13(2)3)12-21-11-14-6-5-7-20-10-14/h5-10,13,21H,4,11-12H2,1-3H3. The van der Waals surface area contributed by atoms with Crippen molar-refractivity contribution >= 4 is 11.6 Å². The molecule has 0 bridgehead atoms. The molecule has 5 heteroatoms. The van der Waals surface area contributed by atoms with Crippen LogP contribution in [0.3, 0.4) is 0 Å². The Morgan fingerprint density at radius 3 is 2.70 bits per heavy atom. The van der Waals surface area contributed by atoms with E-state index in [1.54, 1.807) is 6.20 Å². The van der Waals surface area contributed by atoms with Gasteiger partial charge in [0.1, 0.15) is 0 Å². The highest BCUT2D eigenvalue weighted by Crippen LogP contribution is 2.34. The van der Waals surface area contributed by atoms with Crippen LogP contribution in [0, 0.1) is 0 Å². The summed E-state index contributed by atoms with van der Waals surface area (Å²) in [6, 6.07) is 7.73. The van der Waals surface area contributed by atoms with E-state index < -0.39 is 0 Å². The lowest BCUT2D eigenvalue weighted by molar-refractivity contribution is 0.223. The van der Waals surface area contributed by atoms with Gasteiger partial charge in [0.2, 0.25) is 0 Å². The molecule has 0 atom stereocenters. The number of hydrogen-bond donors (Lipinski definition) is 1. The minimum atomic E-state index is 0.0693. The number of pyridine rings is 1. The molecule has 23 heavy (non-hydrogen) atoms. The van der Waals surface area contributed by atoms with E-state index >= 15 is 0 Å². The average molecular weight is 335 g/mol. The second kappa shape index (κ2) is 8.75. The first-order valence-electron chi connectivity index (χ1n) is 7.81. The summed E-state index contributed by atoms with van der Waals surface area (Å²) in [6.45, 7) is 7.88. The molecule has 0 aliphatic rings. The van der Waals surface area contributed by atoms with E-state index in [9.17, 15) is 0 Å². The minimum absolute atomic E-state index is 0.0693. The van der Waals surface area contributed by atoms with Crippen molar-refractivity contribution in [1.82, 2.24) is 10.3 Å². The summed E-state index contributed by atoms with van der Waals surface area (Å²) in [5, 5.41) is 4.04. The highest BCUT2D eigenvalue weighted by molar-refractivity contribution is 6.31. The third-order valence-corrected chi connectivity index (χ3v) is 3.49. The molecule has 1 heterocycles. The number of aromatic nitrogens is 1. The molecule has 0 aliphatic carbocycles.